The molecule has 2 atom stereocenters. The summed E-state index contributed by atoms with van der Waals surface area (Å²) in [5.74, 6) is -1.28. The van der Waals surface area contributed by atoms with Gasteiger partial charge in [0, 0.05) is 5.92 Å². The Hall–Kier alpha value is -2.68. The second kappa shape index (κ2) is 9.21. The number of sulfonamides is 1. The third-order valence-electron chi connectivity index (χ3n) is 4.59. The number of benzene rings is 2. The van der Waals surface area contributed by atoms with Crippen molar-refractivity contribution in [3.8, 4) is 5.75 Å². The molecule has 0 bridgehead atoms. The van der Waals surface area contributed by atoms with Crippen LogP contribution in [0.5, 0.6) is 5.75 Å². The maximum Gasteiger partial charge on any atom is 0.322 e. The van der Waals surface area contributed by atoms with Crippen LogP contribution in [0.2, 0.25) is 0 Å². The molecular formula is C21H21NO5S2. The van der Waals surface area contributed by atoms with Gasteiger partial charge in [-0.15, -0.1) is 0 Å². The van der Waals surface area contributed by atoms with Crippen molar-refractivity contribution in [1.82, 2.24) is 4.72 Å². The smallest absolute Gasteiger partial charge is 0.322 e. The number of ether oxygens (including phenoxy) is 1. The molecule has 152 valence electrons. The zero-order valence-electron chi connectivity index (χ0n) is 15.7. The quantitative estimate of drug-likeness (QED) is 0.541. The standard InChI is InChI=1S/C21H21NO5S2/c1-27-17-7-9-18(10-8-17)29(25,26)22-20(21(23)24)19(16-11-12-28-14-16)13-15-5-3-2-4-6-15/h2-12,14,19-20,22H,13H2,1H3,(H,23,24). The van der Waals surface area contributed by atoms with Gasteiger partial charge < -0.3 is 9.84 Å². The van der Waals surface area contributed by atoms with E-state index in [-0.39, 0.29) is 4.90 Å². The molecule has 29 heavy (non-hydrogen) atoms. The fraction of sp³-hybridized carbons (Fsp3) is 0.190. The van der Waals surface area contributed by atoms with Crippen molar-refractivity contribution >= 4 is 27.3 Å². The van der Waals surface area contributed by atoms with Crippen molar-refractivity contribution in [2.24, 2.45) is 0 Å². The lowest BCUT2D eigenvalue weighted by atomic mass is 9.88. The van der Waals surface area contributed by atoms with Gasteiger partial charge in [-0.2, -0.15) is 16.1 Å². The van der Waals surface area contributed by atoms with Gasteiger partial charge in [0.25, 0.3) is 0 Å². The summed E-state index contributed by atoms with van der Waals surface area (Å²) >= 11 is 1.44. The topological polar surface area (TPSA) is 92.7 Å². The van der Waals surface area contributed by atoms with Gasteiger partial charge in [-0.25, -0.2) is 8.42 Å². The molecule has 0 aliphatic carbocycles. The van der Waals surface area contributed by atoms with Crippen LogP contribution in [0.15, 0.2) is 76.3 Å². The van der Waals surface area contributed by atoms with Crippen LogP contribution in [0.4, 0.5) is 0 Å². The van der Waals surface area contributed by atoms with Crippen molar-refractivity contribution in [2.45, 2.75) is 23.3 Å². The summed E-state index contributed by atoms with van der Waals surface area (Å²) in [4.78, 5) is 12.1. The molecule has 2 N–H and O–H groups in total. The summed E-state index contributed by atoms with van der Waals surface area (Å²) in [5.41, 5.74) is 1.71. The molecule has 8 heteroatoms. The minimum atomic E-state index is -4.04. The van der Waals surface area contributed by atoms with Crippen molar-refractivity contribution in [3.63, 3.8) is 0 Å². The number of aliphatic carboxylic acids is 1. The summed E-state index contributed by atoms with van der Waals surface area (Å²) in [6.07, 6.45) is 0.389. The van der Waals surface area contributed by atoms with Crippen molar-refractivity contribution < 1.29 is 23.1 Å². The average molecular weight is 432 g/mol. The van der Waals surface area contributed by atoms with E-state index in [1.54, 1.807) is 0 Å². The monoisotopic (exact) mass is 431 g/mol. The second-order valence-corrected chi connectivity index (χ2v) is 8.96. The van der Waals surface area contributed by atoms with Gasteiger partial charge in [0.05, 0.1) is 12.0 Å². The van der Waals surface area contributed by atoms with E-state index in [0.29, 0.717) is 12.2 Å². The van der Waals surface area contributed by atoms with Gasteiger partial charge in [0.15, 0.2) is 0 Å². The number of carboxylic acids is 1. The molecule has 0 amide bonds. The molecule has 6 nitrogen and oxygen atoms in total. The van der Waals surface area contributed by atoms with E-state index in [1.807, 2.05) is 47.2 Å². The van der Waals surface area contributed by atoms with E-state index in [4.69, 9.17) is 4.74 Å². The Morgan fingerprint density at radius 2 is 1.79 bits per heavy atom. The first-order chi connectivity index (χ1) is 13.9. The highest BCUT2D eigenvalue weighted by Gasteiger charge is 2.34. The molecule has 1 heterocycles. The minimum Gasteiger partial charge on any atom is -0.497 e. The molecule has 0 aliphatic rings. The van der Waals surface area contributed by atoms with Gasteiger partial charge in [0.1, 0.15) is 11.8 Å². The Bertz CT molecular complexity index is 1030. The van der Waals surface area contributed by atoms with Crippen LogP contribution in [0, 0.1) is 0 Å². The lowest BCUT2D eigenvalue weighted by Gasteiger charge is -2.24. The van der Waals surface area contributed by atoms with Gasteiger partial charge in [-0.05, 0) is 58.6 Å². The normalized spacial score (nSPS) is 13.6. The lowest BCUT2D eigenvalue weighted by molar-refractivity contribution is -0.139. The molecule has 2 unspecified atom stereocenters. The van der Waals surface area contributed by atoms with Crippen LogP contribution in [-0.4, -0.2) is 32.6 Å². The van der Waals surface area contributed by atoms with Crippen LogP contribution in [0.1, 0.15) is 17.0 Å². The first-order valence-corrected chi connectivity index (χ1v) is 11.3. The number of rotatable bonds is 9. The van der Waals surface area contributed by atoms with Crippen LogP contribution in [0.3, 0.4) is 0 Å². The summed E-state index contributed by atoms with van der Waals surface area (Å²) in [6, 6.07) is 15.7. The van der Waals surface area contributed by atoms with Crippen molar-refractivity contribution in [1.29, 1.82) is 0 Å². The number of hydrogen-bond donors (Lipinski definition) is 2. The summed E-state index contributed by atoms with van der Waals surface area (Å²) in [6.45, 7) is 0. The summed E-state index contributed by atoms with van der Waals surface area (Å²) < 4.78 is 33.2. The van der Waals surface area contributed by atoms with Gasteiger partial charge in [0.2, 0.25) is 10.0 Å². The predicted octanol–water partition coefficient (Wildman–Crippen LogP) is 3.51. The Labute approximate surface area is 173 Å². The highest BCUT2D eigenvalue weighted by molar-refractivity contribution is 7.89. The number of hydrogen-bond acceptors (Lipinski definition) is 5. The maximum atomic E-state index is 12.9. The van der Waals surface area contributed by atoms with E-state index in [9.17, 15) is 18.3 Å². The first kappa shape index (κ1) is 21.0. The molecule has 3 aromatic rings. The molecule has 2 aromatic carbocycles. The second-order valence-electron chi connectivity index (χ2n) is 6.47. The van der Waals surface area contributed by atoms with Crippen LogP contribution in [-0.2, 0) is 21.2 Å². The maximum absolute atomic E-state index is 12.9. The molecule has 0 saturated heterocycles. The van der Waals surface area contributed by atoms with Crippen LogP contribution in [0.25, 0.3) is 0 Å². The van der Waals surface area contributed by atoms with Gasteiger partial charge in [-0.3, -0.25) is 4.79 Å². The van der Waals surface area contributed by atoms with Gasteiger partial charge >= 0.3 is 5.97 Å². The molecule has 0 aliphatic heterocycles. The lowest BCUT2D eigenvalue weighted by Crippen LogP contribution is -2.45. The molecular weight excluding hydrogens is 410 g/mol. The number of methoxy groups -OCH3 is 1. The van der Waals surface area contributed by atoms with E-state index < -0.39 is 28.0 Å². The van der Waals surface area contributed by atoms with Crippen LogP contribution >= 0.6 is 11.3 Å². The molecule has 1 aromatic heterocycles. The molecule has 3 rings (SSSR count). The molecule has 0 spiro atoms. The van der Waals surface area contributed by atoms with E-state index in [1.165, 1.54) is 42.7 Å². The van der Waals surface area contributed by atoms with Gasteiger partial charge in [-0.1, -0.05) is 30.3 Å². The minimum absolute atomic E-state index is 0.0201. The molecule has 0 saturated carbocycles. The van der Waals surface area contributed by atoms with Crippen molar-refractivity contribution in [3.05, 3.63) is 82.6 Å². The zero-order chi connectivity index (χ0) is 20.9. The summed E-state index contributed by atoms with van der Waals surface area (Å²) in [7, 11) is -2.56. The first-order valence-electron chi connectivity index (χ1n) is 8.86. The summed E-state index contributed by atoms with van der Waals surface area (Å²) in [5, 5.41) is 13.6. The highest BCUT2D eigenvalue weighted by Crippen LogP contribution is 2.28. The number of carboxylic acid groups (broad SMARTS) is 1. The van der Waals surface area contributed by atoms with E-state index >= 15 is 0 Å². The fourth-order valence-corrected chi connectivity index (χ4v) is 5.03. The Morgan fingerprint density at radius 3 is 2.34 bits per heavy atom. The van der Waals surface area contributed by atoms with Crippen LogP contribution < -0.4 is 9.46 Å². The third-order valence-corrected chi connectivity index (χ3v) is 6.75. The predicted molar refractivity (Wildman–Crippen MR) is 112 cm³/mol. The Kier molecular flexibility index (Phi) is 6.68. The average Bonchev–Trinajstić information content (AvgIpc) is 3.26. The number of nitrogens with one attached hydrogen (secondary N) is 1. The molecule has 0 fully saturated rings. The third kappa shape index (κ3) is 5.23. The SMILES string of the molecule is COc1ccc(S(=O)(=O)NC(C(=O)O)C(Cc2ccccc2)c2ccsc2)cc1. The number of carbonyl (C=O) groups is 1. The number of thiophene rings is 1. The highest BCUT2D eigenvalue weighted by atomic mass is 32.2. The zero-order valence-corrected chi connectivity index (χ0v) is 17.3. The van der Waals surface area contributed by atoms with E-state index in [2.05, 4.69) is 4.72 Å². The van der Waals surface area contributed by atoms with E-state index in [0.717, 1.165) is 11.1 Å². The molecule has 0 radical (unpaired) electrons. The van der Waals surface area contributed by atoms with Crippen molar-refractivity contribution in [2.75, 3.05) is 7.11 Å². The Morgan fingerprint density at radius 1 is 1.10 bits per heavy atom. The Balaban J connectivity index is 1.93. The largest absolute Gasteiger partial charge is 0.497 e. The fourth-order valence-electron chi connectivity index (χ4n) is 3.08.